The van der Waals surface area contributed by atoms with Gasteiger partial charge in [-0.25, -0.2) is 14.6 Å². The second-order valence-corrected chi connectivity index (χ2v) is 6.29. The number of rotatable bonds is 3. The first-order valence-electron chi connectivity index (χ1n) is 7.94. The number of carbonyl (C=O) groups excluding carboxylic acids is 2. The fourth-order valence-electron chi connectivity index (χ4n) is 2.98. The molecule has 2 atom stereocenters. The minimum atomic E-state index is -0.732. The molecule has 25 heavy (non-hydrogen) atoms. The Bertz CT molecular complexity index is 774. The number of fused-ring (bicyclic) bond motifs is 1. The van der Waals surface area contributed by atoms with Gasteiger partial charge in [0, 0.05) is 23.7 Å². The van der Waals surface area contributed by atoms with E-state index in [9.17, 15) is 9.59 Å². The first-order chi connectivity index (χ1) is 12.0. The molecule has 1 aromatic carbocycles. The highest BCUT2D eigenvalue weighted by molar-refractivity contribution is 6.30. The number of nitrogens with one attached hydrogen (secondary N) is 2. The lowest BCUT2D eigenvalue weighted by atomic mass is 9.96. The average molecular weight is 363 g/mol. The smallest absolute Gasteiger partial charge is 0.328 e. The molecule has 132 valence electrons. The van der Waals surface area contributed by atoms with Gasteiger partial charge in [0.2, 0.25) is 0 Å². The van der Waals surface area contributed by atoms with Gasteiger partial charge < -0.3 is 19.9 Å². The summed E-state index contributed by atoms with van der Waals surface area (Å²) in [5.74, 6) is -0.492. The first-order valence-corrected chi connectivity index (χ1v) is 8.31. The quantitative estimate of drug-likeness (QED) is 0.820. The molecule has 0 bridgehead atoms. The van der Waals surface area contributed by atoms with Crippen molar-refractivity contribution in [3.05, 3.63) is 52.6 Å². The molecule has 2 heterocycles. The standard InChI is InChI=1S/C17H19ClN4O3/c1-10(16(23)25-2)21-17(24)22-8-7-13-14(20-9-19-13)15(22)11-3-5-12(18)6-4-11/h3-6,9-10,15H,7-8H2,1-2H3,(H,19,20)(H,21,24)/t10-,15?/m0/s1. The summed E-state index contributed by atoms with van der Waals surface area (Å²) in [5.41, 5.74) is 2.71. The largest absolute Gasteiger partial charge is 0.467 e. The Morgan fingerprint density at radius 3 is 2.80 bits per heavy atom. The van der Waals surface area contributed by atoms with Crippen LogP contribution in [-0.4, -0.2) is 46.6 Å². The van der Waals surface area contributed by atoms with E-state index in [0.717, 1.165) is 17.0 Å². The summed E-state index contributed by atoms with van der Waals surface area (Å²) in [6.07, 6.45) is 2.30. The number of nitrogens with zero attached hydrogens (tertiary/aromatic N) is 2. The highest BCUT2D eigenvalue weighted by Gasteiger charge is 2.35. The van der Waals surface area contributed by atoms with Gasteiger partial charge in [-0.05, 0) is 24.6 Å². The maximum atomic E-state index is 12.8. The van der Waals surface area contributed by atoms with Gasteiger partial charge in [-0.2, -0.15) is 0 Å². The Balaban J connectivity index is 1.90. The van der Waals surface area contributed by atoms with Crippen molar-refractivity contribution in [3.8, 4) is 0 Å². The zero-order chi connectivity index (χ0) is 18.0. The number of benzene rings is 1. The maximum Gasteiger partial charge on any atom is 0.328 e. The van der Waals surface area contributed by atoms with Crippen LogP contribution in [-0.2, 0) is 16.0 Å². The lowest BCUT2D eigenvalue weighted by Gasteiger charge is -2.35. The number of methoxy groups -OCH3 is 1. The van der Waals surface area contributed by atoms with Gasteiger partial charge in [0.15, 0.2) is 0 Å². The van der Waals surface area contributed by atoms with E-state index in [0.29, 0.717) is 18.0 Å². The van der Waals surface area contributed by atoms with E-state index in [4.69, 9.17) is 11.6 Å². The van der Waals surface area contributed by atoms with Crippen molar-refractivity contribution in [3.63, 3.8) is 0 Å². The van der Waals surface area contributed by atoms with Crippen molar-refractivity contribution in [2.75, 3.05) is 13.7 Å². The van der Waals surface area contributed by atoms with E-state index in [1.165, 1.54) is 7.11 Å². The van der Waals surface area contributed by atoms with Crippen LogP contribution in [0.15, 0.2) is 30.6 Å². The molecule has 1 aromatic heterocycles. The predicted molar refractivity (Wildman–Crippen MR) is 92.3 cm³/mol. The van der Waals surface area contributed by atoms with E-state index < -0.39 is 12.0 Å². The number of carbonyl (C=O) groups is 2. The molecule has 1 unspecified atom stereocenters. The summed E-state index contributed by atoms with van der Waals surface area (Å²) in [6.45, 7) is 2.09. The minimum absolute atomic E-state index is 0.341. The number of halogens is 1. The van der Waals surface area contributed by atoms with Gasteiger partial charge in [-0.3, -0.25) is 0 Å². The minimum Gasteiger partial charge on any atom is -0.467 e. The first kappa shape index (κ1) is 17.3. The van der Waals surface area contributed by atoms with Crippen LogP contribution in [0, 0.1) is 0 Å². The zero-order valence-corrected chi connectivity index (χ0v) is 14.7. The van der Waals surface area contributed by atoms with E-state index in [-0.39, 0.29) is 12.1 Å². The average Bonchev–Trinajstić information content (AvgIpc) is 3.09. The van der Waals surface area contributed by atoms with Gasteiger partial charge in [0.25, 0.3) is 0 Å². The van der Waals surface area contributed by atoms with Crippen molar-refractivity contribution >= 4 is 23.6 Å². The third-order valence-electron chi connectivity index (χ3n) is 4.27. The van der Waals surface area contributed by atoms with E-state index in [1.807, 2.05) is 12.1 Å². The number of hydrogen-bond acceptors (Lipinski definition) is 4. The fourth-order valence-corrected chi connectivity index (χ4v) is 3.11. The molecule has 0 aliphatic carbocycles. The molecular formula is C17H19ClN4O3. The second kappa shape index (κ2) is 7.14. The van der Waals surface area contributed by atoms with Gasteiger partial charge in [0.05, 0.1) is 19.1 Å². The van der Waals surface area contributed by atoms with Gasteiger partial charge >= 0.3 is 12.0 Å². The summed E-state index contributed by atoms with van der Waals surface area (Å²) in [5, 5.41) is 3.31. The third kappa shape index (κ3) is 3.46. The van der Waals surface area contributed by atoms with Crippen LogP contribution in [0.5, 0.6) is 0 Å². The van der Waals surface area contributed by atoms with E-state index in [1.54, 1.807) is 30.3 Å². The lowest BCUT2D eigenvalue weighted by molar-refractivity contribution is -0.142. The number of aromatic amines is 1. The third-order valence-corrected chi connectivity index (χ3v) is 4.52. The van der Waals surface area contributed by atoms with Crippen molar-refractivity contribution in [2.24, 2.45) is 0 Å². The molecule has 2 N–H and O–H groups in total. The Morgan fingerprint density at radius 2 is 2.12 bits per heavy atom. The van der Waals surface area contributed by atoms with Gasteiger partial charge in [0.1, 0.15) is 12.1 Å². The number of urea groups is 1. The van der Waals surface area contributed by atoms with Gasteiger partial charge in [-0.15, -0.1) is 0 Å². The molecule has 1 aliphatic rings. The highest BCUT2D eigenvalue weighted by Crippen LogP contribution is 2.33. The summed E-state index contributed by atoms with van der Waals surface area (Å²) < 4.78 is 4.66. The predicted octanol–water partition coefficient (Wildman–Crippen LogP) is 2.28. The number of aromatic nitrogens is 2. The van der Waals surface area contributed by atoms with E-state index >= 15 is 0 Å². The molecule has 0 saturated heterocycles. The van der Waals surface area contributed by atoms with Crippen LogP contribution in [0.3, 0.4) is 0 Å². The monoisotopic (exact) mass is 362 g/mol. The SMILES string of the molecule is COC(=O)[C@H](C)NC(=O)N1CCc2[nH]cnc2C1c1ccc(Cl)cc1. The lowest BCUT2D eigenvalue weighted by Crippen LogP contribution is -2.50. The van der Waals surface area contributed by atoms with Crippen molar-refractivity contribution < 1.29 is 14.3 Å². The summed E-state index contributed by atoms with van der Waals surface area (Å²) in [7, 11) is 1.29. The molecule has 2 amide bonds. The molecule has 2 aromatic rings. The normalized spacial score (nSPS) is 17.6. The molecule has 0 fully saturated rings. The second-order valence-electron chi connectivity index (χ2n) is 5.86. The molecule has 8 heteroatoms. The number of ether oxygens (including phenoxy) is 1. The summed E-state index contributed by atoms with van der Waals surface area (Å²) >= 11 is 5.98. The van der Waals surface area contributed by atoms with Crippen LogP contribution < -0.4 is 5.32 Å². The molecule has 0 saturated carbocycles. The van der Waals surface area contributed by atoms with Crippen molar-refractivity contribution in [2.45, 2.75) is 25.4 Å². The van der Waals surface area contributed by atoms with Crippen LogP contribution in [0.4, 0.5) is 4.79 Å². The van der Waals surface area contributed by atoms with Crippen molar-refractivity contribution in [1.82, 2.24) is 20.2 Å². The van der Waals surface area contributed by atoms with Crippen LogP contribution in [0.2, 0.25) is 5.02 Å². The molecule has 7 nitrogen and oxygen atoms in total. The van der Waals surface area contributed by atoms with Crippen LogP contribution >= 0.6 is 11.6 Å². The molecule has 0 spiro atoms. The fraction of sp³-hybridized carbons (Fsp3) is 0.353. The summed E-state index contributed by atoms with van der Waals surface area (Å²) in [4.78, 5) is 33.5. The van der Waals surface area contributed by atoms with Gasteiger partial charge in [-0.1, -0.05) is 23.7 Å². The van der Waals surface area contributed by atoms with E-state index in [2.05, 4.69) is 20.0 Å². The Labute approximate surface area is 150 Å². The number of esters is 1. The molecule has 1 aliphatic heterocycles. The Morgan fingerprint density at radius 1 is 1.40 bits per heavy atom. The summed E-state index contributed by atoms with van der Waals surface area (Å²) in [6, 6.07) is 5.89. The number of imidazole rings is 1. The Kier molecular flexibility index (Phi) is 4.94. The molecular weight excluding hydrogens is 344 g/mol. The number of amides is 2. The number of hydrogen-bond donors (Lipinski definition) is 2. The number of H-pyrrole nitrogens is 1. The maximum absolute atomic E-state index is 12.8. The Hall–Kier alpha value is -2.54. The zero-order valence-electron chi connectivity index (χ0n) is 14.0. The van der Waals surface area contributed by atoms with Crippen molar-refractivity contribution in [1.29, 1.82) is 0 Å². The molecule has 3 rings (SSSR count). The topological polar surface area (TPSA) is 87.3 Å². The highest BCUT2D eigenvalue weighted by atomic mass is 35.5. The van der Waals surface area contributed by atoms with Crippen LogP contribution in [0.1, 0.15) is 29.9 Å². The van der Waals surface area contributed by atoms with Crippen LogP contribution in [0.25, 0.3) is 0 Å². The molecule has 0 radical (unpaired) electrons.